The molecule has 0 amide bonds. The number of sulfonamides is 1. The molecule has 0 aliphatic rings. The van der Waals surface area contributed by atoms with Crippen LogP contribution in [-0.2, 0) is 14.8 Å². The molecule has 5 nitrogen and oxygen atoms in total. The van der Waals surface area contributed by atoms with Crippen molar-refractivity contribution >= 4 is 43.3 Å². The molecule has 0 bridgehead atoms. The number of nitrogens with one attached hydrogen (secondary N) is 1. The predicted octanol–water partition coefficient (Wildman–Crippen LogP) is 2.29. The molecule has 1 atom stereocenters. The first-order chi connectivity index (χ1) is 8.33. The van der Waals surface area contributed by atoms with Gasteiger partial charge in [0.2, 0.25) is 10.0 Å². The fourth-order valence-electron chi connectivity index (χ4n) is 1.25. The van der Waals surface area contributed by atoms with Crippen LogP contribution in [0, 0.1) is 5.92 Å². The number of halogens is 1. The lowest BCUT2D eigenvalue weighted by atomic mass is 10.1. The van der Waals surface area contributed by atoms with Gasteiger partial charge in [-0.15, -0.1) is 11.3 Å². The number of carboxylic acid groups (broad SMARTS) is 1. The predicted molar refractivity (Wildman–Crippen MR) is 73.2 cm³/mol. The van der Waals surface area contributed by atoms with Gasteiger partial charge in [-0.3, -0.25) is 4.79 Å². The normalized spacial score (nSPS) is 13.4. The maximum absolute atomic E-state index is 11.8. The second-order valence-electron chi connectivity index (χ2n) is 3.84. The fraction of sp³-hybridized carbons (Fsp3) is 0.500. The molecule has 1 unspecified atom stereocenters. The van der Waals surface area contributed by atoms with Crippen LogP contribution < -0.4 is 4.72 Å². The summed E-state index contributed by atoms with van der Waals surface area (Å²) in [5.41, 5.74) is 0. The van der Waals surface area contributed by atoms with Gasteiger partial charge in [0.25, 0.3) is 0 Å². The van der Waals surface area contributed by atoms with Gasteiger partial charge in [-0.05, 0) is 40.9 Å². The zero-order valence-corrected chi connectivity index (χ0v) is 12.9. The summed E-state index contributed by atoms with van der Waals surface area (Å²) < 4.78 is 27.0. The molecule has 8 heteroatoms. The van der Waals surface area contributed by atoms with Gasteiger partial charge in [0, 0.05) is 6.54 Å². The van der Waals surface area contributed by atoms with Gasteiger partial charge < -0.3 is 5.11 Å². The second-order valence-corrected chi connectivity index (χ2v) is 8.29. The zero-order valence-electron chi connectivity index (χ0n) is 9.72. The molecule has 0 radical (unpaired) electrons. The van der Waals surface area contributed by atoms with Gasteiger partial charge in [0.1, 0.15) is 4.21 Å². The lowest BCUT2D eigenvalue weighted by molar-refractivity contribution is -0.141. The van der Waals surface area contributed by atoms with Gasteiger partial charge in [0.15, 0.2) is 0 Å². The van der Waals surface area contributed by atoms with E-state index in [1.807, 2.05) is 0 Å². The van der Waals surface area contributed by atoms with Gasteiger partial charge in [-0.2, -0.15) is 0 Å². The SMILES string of the molecule is CC(CCCNS(=O)(=O)c1ccc(Br)s1)C(=O)O. The standard InChI is InChI=1S/C10H14BrNO4S2/c1-7(10(13)14)3-2-6-12-18(15,16)9-5-4-8(11)17-9/h4-5,7,12H,2-3,6H2,1H3,(H,13,14). The van der Waals surface area contributed by atoms with Crippen molar-refractivity contribution in [2.24, 2.45) is 5.92 Å². The molecule has 18 heavy (non-hydrogen) atoms. The quantitative estimate of drug-likeness (QED) is 0.735. The van der Waals surface area contributed by atoms with E-state index >= 15 is 0 Å². The Hall–Kier alpha value is -0.440. The topological polar surface area (TPSA) is 83.5 Å². The largest absolute Gasteiger partial charge is 0.481 e. The Morgan fingerprint density at radius 2 is 2.22 bits per heavy atom. The highest BCUT2D eigenvalue weighted by molar-refractivity contribution is 9.11. The Morgan fingerprint density at radius 1 is 1.56 bits per heavy atom. The van der Waals surface area contributed by atoms with Crippen LogP contribution in [0.3, 0.4) is 0 Å². The van der Waals surface area contributed by atoms with Crippen LogP contribution in [0.2, 0.25) is 0 Å². The fourth-order valence-corrected chi connectivity index (χ4v) is 4.38. The highest BCUT2D eigenvalue weighted by Gasteiger charge is 2.16. The van der Waals surface area contributed by atoms with Crippen molar-refractivity contribution in [2.45, 2.75) is 24.0 Å². The molecule has 0 aliphatic heterocycles. The van der Waals surface area contributed by atoms with Gasteiger partial charge >= 0.3 is 5.97 Å². The first-order valence-corrected chi connectivity index (χ1v) is 8.40. The number of hydrogen-bond acceptors (Lipinski definition) is 4. The highest BCUT2D eigenvalue weighted by atomic mass is 79.9. The van der Waals surface area contributed by atoms with Crippen molar-refractivity contribution in [3.05, 3.63) is 15.9 Å². The number of thiophene rings is 1. The van der Waals surface area contributed by atoms with Crippen molar-refractivity contribution < 1.29 is 18.3 Å². The van der Waals surface area contributed by atoms with E-state index in [4.69, 9.17) is 5.11 Å². The molecule has 1 rings (SSSR count). The molecule has 0 saturated carbocycles. The first-order valence-electron chi connectivity index (χ1n) is 5.31. The third-order valence-electron chi connectivity index (χ3n) is 2.34. The summed E-state index contributed by atoms with van der Waals surface area (Å²) in [5, 5.41) is 8.68. The van der Waals surface area contributed by atoms with E-state index in [1.165, 1.54) is 6.07 Å². The van der Waals surface area contributed by atoms with Crippen LogP contribution in [0.4, 0.5) is 0 Å². The van der Waals surface area contributed by atoms with E-state index in [0.29, 0.717) is 12.8 Å². The van der Waals surface area contributed by atoms with E-state index < -0.39 is 21.9 Å². The molecule has 0 aromatic carbocycles. The molecule has 0 fully saturated rings. The lowest BCUT2D eigenvalue weighted by Crippen LogP contribution is -2.24. The summed E-state index contributed by atoms with van der Waals surface area (Å²) in [7, 11) is -3.47. The zero-order chi connectivity index (χ0) is 13.8. The number of carboxylic acids is 1. The molecule has 1 aromatic rings. The van der Waals surface area contributed by atoms with Crippen molar-refractivity contribution in [3.8, 4) is 0 Å². The summed E-state index contributed by atoms with van der Waals surface area (Å²) in [6.45, 7) is 1.85. The minimum absolute atomic E-state index is 0.246. The van der Waals surface area contributed by atoms with E-state index in [9.17, 15) is 13.2 Å². The van der Waals surface area contributed by atoms with Gasteiger partial charge in [-0.1, -0.05) is 6.92 Å². The van der Waals surface area contributed by atoms with Crippen LogP contribution in [0.5, 0.6) is 0 Å². The van der Waals surface area contributed by atoms with Crippen LogP contribution in [0.1, 0.15) is 19.8 Å². The Labute approximate surface area is 118 Å². The highest BCUT2D eigenvalue weighted by Crippen LogP contribution is 2.25. The van der Waals surface area contributed by atoms with Crippen molar-refractivity contribution in [1.82, 2.24) is 4.72 Å². The summed E-state index contributed by atoms with van der Waals surface area (Å²) in [6, 6.07) is 3.20. The number of carbonyl (C=O) groups is 1. The van der Waals surface area contributed by atoms with E-state index in [-0.39, 0.29) is 10.8 Å². The van der Waals surface area contributed by atoms with Crippen LogP contribution in [0.25, 0.3) is 0 Å². The molecular weight excluding hydrogens is 342 g/mol. The minimum atomic E-state index is -3.47. The smallest absolute Gasteiger partial charge is 0.306 e. The Bertz CT molecular complexity index is 512. The second kappa shape index (κ2) is 6.65. The number of aliphatic carboxylic acids is 1. The molecule has 102 valence electrons. The summed E-state index contributed by atoms with van der Waals surface area (Å²) in [5.74, 6) is -1.31. The van der Waals surface area contributed by atoms with Gasteiger partial charge in [0.05, 0.1) is 9.70 Å². The van der Waals surface area contributed by atoms with Crippen molar-refractivity contribution in [1.29, 1.82) is 0 Å². The van der Waals surface area contributed by atoms with E-state index in [0.717, 1.165) is 15.1 Å². The molecule has 2 N–H and O–H groups in total. The molecule has 0 saturated heterocycles. The Kier molecular flexibility index (Phi) is 5.77. The third kappa shape index (κ3) is 4.68. The van der Waals surface area contributed by atoms with E-state index in [2.05, 4.69) is 20.7 Å². The summed E-state index contributed by atoms with van der Waals surface area (Å²) in [6.07, 6.45) is 0.950. The van der Waals surface area contributed by atoms with Gasteiger partial charge in [-0.25, -0.2) is 13.1 Å². The monoisotopic (exact) mass is 355 g/mol. The van der Waals surface area contributed by atoms with Crippen molar-refractivity contribution in [2.75, 3.05) is 6.54 Å². The average molecular weight is 356 g/mol. The third-order valence-corrected chi connectivity index (χ3v) is 5.92. The molecule has 0 aliphatic carbocycles. The van der Waals surface area contributed by atoms with Crippen LogP contribution >= 0.6 is 27.3 Å². The summed E-state index contributed by atoms with van der Waals surface area (Å²) >= 11 is 4.34. The molecular formula is C10H14BrNO4S2. The maximum atomic E-state index is 11.8. The summed E-state index contributed by atoms with van der Waals surface area (Å²) in [4.78, 5) is 10.6. The minimum Gasteiger partial charge on any atom is -0.481 e. The Balaban J connectivity index is 2.42. The van der Waals surface area contributed by atoms with E-state index in [1.54, 1.807) is 13.0 Å². The molecule has 1 aromatic heterocycles. The average Bonchev–Trinajstić information content (AvgIpc) is 2.71. The number of rotatable bonds is 7. The molecule has 1 heterocycles. The lowest BCUT2D eigenvalue weighted by Gasteiger charge is -2.07. The molecule has 0 spiro atoms. The maximum Gasteiger partial charge on any atom is 0.306 e. The number of hydrogen-bond donors (Lipinski definition) is 2. The Morgan fingerprint density at radius 3 is 2.72 bits per heavy atom. The first kappa shape index (κ1) is 15.6. The van der Waals surface area contributed by atoms with Crippen LogP contribution in [-0.4, -0.2) is 26.0 Å². The van der Waals surface area contributed by atoms with Crippen LogP contribution in [0.15, 0.2) is 20.1 Å². The van der Waals surface area contributed by atoms with Crippen molar-refractivity contribution in [3.63, 3.8) is 0 Å².